The predicted molar refractivity (Wildman–Crippen MR) is 132 cm³/mol. The lowest BCUT2D eigenvalue weighted by Gasteiger charge is -2.28. The summed E-state index contributed by atoms with van der Waals surface area (Å²) in [5, 5.41) is 19.5. The van der Waals surface area contributed by atoms with Crippen molar-refractivity contribution in [3.8, 4) is 11.5 Å². The standard InChI is InChI=1S/C24H31N5O7/c1-6-34-18-11-15(22-21(23(31)33-5)14(2)26-24(32)27-22)7-9-17(18)35-13-19(30)28-25-12-16-8-10-20(36-16)29(3)4/h7-12,19,22,28,30H,6,13H2,1-5H3,(H2,26,27,32)/b25-12-/t19-,22+/m1/s1. The predicted octanol–water partition coefficient (Wildman–Crippen LogP) is 1.87. The van der Waals surface area contributed by atoms with Crippen LogP contribution >= 0.6 is 0 Å². The van der Waals surface area contributed by atoms with Gasteiger partial charge in [0, 0.05) is 25.9 Å². The number of allylic oxidation sites excluding steroid dienone is 1. The van der Waals surface area contributed by atoms with Gasteiger partial charge in [0.15, 0.2) is 23.6 Å². The number of aliphatic hydroxyl groups is 1. The van der Waals surface area contributed by atoms with Crippen molar-refractivity contribution in [2.45, 2.75) is 26.1 Å². The highest BCUT2D eigenvalue weighted by atomic mass is 16.5. The number of nitrogens with one attached hydrogen (secondary N) is 3. The van der Waals surface area contributed by atoms with E-state index in [0.717, 1.165) is 0 Å². The molecule has 36 heavy (non-hydrogen) atoms. The van der Waals surface area contributed by atoms with Crippen molar-refractivity contribution in [3.63, 3.8) is 0 Å². The van der Waals surface area contributed by atoms with Crippen molar-refractivity contribution >= 4 is 24.1 Å². The highest BCUT2D eigenvalue weighted by Crippen LogP contribution is 2.34. The van der Waals surface area contributed by atoms with Gasteiger partial charge < -0.3 is 39.3 Å². The van der Waals surface area contributed by atoms with Gasteiger partial charge in [-0.05, 0) is 37.6 Å². The molecule has 2 heterocycles. The van der Waals surface area contributed by atoms with Crippen molar-refractivity contribution in [1.82, 2.24) is 16.1 Å². The zero-order chi connectivity index (χ0) is 26.2. The summed E-state index contributed by atoms with van der Waals surface area (Å²) in [7, 11) is 5.00. The largest absolute Gasteiger partial charge is 0.490 e. The average molecular weight is 502 g/mol. The molecule has 2 amide bonds. The average Bonchev–Trinajstić information content (AvgIpc) is 3.32. The number of furan rings is 1. The zero-order valence-corrected chi connectivity index (χ0v) is 20.8. The molecule has 0 spiro atoms. The Morgan fingerprint density at radius 3 is 2.72 bits per heavy atom. The minimum absolute atomic E-state index is 0.131. The van der Waals surface area contributed by atoms with Gasteiger partial charge >= 0.3 is 12.0 Å². The quantitative estimate of drug-likeness (QED) is 0.157. The summed E-state index contributed by atoms with van der Waals surface area (Å²) < 4.78 is 21.9. The van der Waals surface area contributed by atoms with E-state index in [4.69, 9.17) is 18.6 Å². The molecule has 0 saturated carbocycles. The van der Waals surface area contributed by atoms with E-state index in [0.29, 0.717) is 41.0 Å². The first-order valence-corrected chi connectivity index (χ1v) is 11.2. The van der Waals surface area contributed by atoms with Crippen LogP contribution in [0.5, 0.6) is 11.5 Å². The van der Waals surface area contributed by atoms with Crippen LogP contribution in [0.4, 0.5) is 10.7 Å². The van der Waals surface area contributed by atoms with Gasteiger partial charge in [0.1, 0.15) is 12.4 Å². The van der Waals surface area contributed by atoms with Crippen LogP contribution < -0.4 is 30.4 Å². The smallest absolute Gasteiger partial charge is 0.337 e. The van der Waals surface area contributed by atoms with Gasteiger partial charge in [-0.3, -0.25) is 5.43 Å². The van der Waals surface area contributed by atoms with E-state index in [1.807, 2.05) is 25.9 Å². The Morgan fingerprint density at radius 1 is 1.28 bits per heavy atom. The van der Waals surface area contributed by atoms with E-state index in [2.05, 4.69) is 21.2 Å². The third-order valence-electron chi connectivity index (χ3n) is 5.14. The number of carbonyl (C=O) groups excluding carboxylic acids is 2. The molecule has 1 aromatic heterocycles. The van der Waals surface area contributed by atoms with Crippen LogP contribution in [-0.4, -0.2) is 64.0 Å². The molecule has 1 aliphatic rings. The second-order valence-electron chi connectivity index (χ2n) is 7.99. The molecule has 12 heteroatoms. The number of esters is 1. The van der Waals surface area contributed by atoms with Crippen LogP contribution in [0, 0.1) is 0 Å². The molecule has 0 bridgehead atoms. The number of rotatable bonds is 11. The van der Waals surface area contributed by atoms with E-state index in [-0.39, 0.29) is 12.2 Å². The summed E-state index contributed by atoms with van der Waals surface area (Å²) in [6.45, 7) is 3.66. The van der Waals surface area contributed by atoms with Crippen LogP contribution in [-0.2, 0) is 9.53 Å². The van der Waals surface area contributed by atoms with Crippen LogP contribution in [0.3, 0.4) is 0 Å². The third kappa shape index (κ3) is 6.48. The van der Waals surface area contributed by atoms with Gasteiger partial charge in [-0.25, -0.2) is 9.59 Å². The molecule has 1 aromatic carbocycles. The maximum Gasteiger partial charge on any atom is 0.337 e. The highest BCUT2D eigenvalue weighted by molar-refractivity contribution is 5.95. The molecule has 0 radical (unpaired) electrons. The molecule has 4 N–H and O–H groups in total. The monoisotopic (exact) mass is 501 g/mol. The van der Waals surface area contributed by atoms with Gasteiger partial charge in [0.2, 0.25) is 0 Å². The van der Waals surface area contributed by atoms with Crippen LogP contribution in [0.25, 0.3) is 0 Å². The Labute approximate surface area is 208 Å². The number of amides is 2. The van der Waals surface area contributed by atoms with Gasteiger partial charge in [0.25, 0.3) is 0 Å². The van der Waals surface area contributed by atoms with Crippen LogP contribution in [0.15, 0.2) is 51.1 Å². The number of urea groups is 1. The van der Waals surface area contributed by atoms with Crippen LogP contribution in [0.1, 0.15) is 31.2 Å². The maximum atomic E-state index is 12.3. The third-order valence-corrected chi connectivity index (χ3v) is 5.14. The van der Waals surface area contributed by atoms with Crippen molar-refractivity contribution in [1.29, 1.82) is 0 Å². The van der Waals surface area contributed by atoms with Gasteiger partial charge in [-0.1, -0.05) is 6.07 Å². The fraction of sp³-hybridized carbons (Fsp3) is 0.375. The number of methoxy groups -OCH3 is 1. The van der Waals surface area contributed by atoms with E-state index >= 15 is 0 Å². The van der Waals surface area contributed by atoms with Crippen molar-refractivity contribution < 1.29 is 33.3 Å². The van der Waals surface area contributed by atoms with E-state index < -0.39 is 24.3 Å². The number of benzene rings is 1. The Hall–Kier alpha value is -4.19. The SMILES string of the molecule is CCOc1cc([C@@H]2NC(=O)NC(C)=C2C(=O)OC)ccc1OC[C@@H](O)N/N=C\c1ccc(N(C)C)o1. The molecule has 1 aliphatic heterocycles. The molecular weight excluding hydrogens is 470 g/mol. The summed E-state index contributed by atoms with van der Waals surface area (Å²) in [4.78, 5) is 26.2. The van der Waals surface area contributed by atoms with E-state index in [1.165, 1.54) is 13.3 Å². The van der Waals surface area contributed by atoms with E-state index in [9.17, 15) is 14.7 Å². The number of hydrogen-bond acceptors (Lipinski definition) is 10. The molecule has 0 fully saturated rings. The highest BCUT2D eigenvalue weighted by Gasteiger charge is 2.32. The molecule has 2 aromatic rings. The fourth-order valence-electron chi connectivity index (χ4n) is 3.46. The van der Waals surface area contributed by atoms with Gasteiger partial charge in [0.05, 0.1) is 31.5 Å². The first-order chi connectivity index (χ1) is 17.2. The van der Waals surface area contributed by atoms with E-state index in [1.54, 1.807) is 37.3 Å². The molecule has 0 saturated heterocycles. The Kier molecular flexibility index (Phi) is 8.79. The molecule has 3 rings (SSSR count). The fourth-order valence-corrected chi connectivity index (χ4v) is 3.46. The molecular formula is C24H31N5O7. The second-order valence-corrected chi connectivity index (χ2v) is 7.99. The summed E-state index contributed by atoms with van der Waals surface area (Å²) in [5.74, 6) is 1.39. The molecule has 0 aliphatic carbocycles. The number of hydrazone groups is 1. The molecule has 2 atom stereocenters. The number of aliphatic hydroxyl groups excluding tert-OH is 1. The first kappa shape index (κ1) is 26.4. The number of ether oxygens (including phenoxy) is 3. The first-order valence-electron chi connectivity index (χ1n) is 11.2. The topological polar surface area (TPSA) is 147 Å². The van der Waals surface area contributed by atoms with Crippen LogP contribution in [0.2, 0.25) is 0 Å². The lowest BCUT2D eigenvalue weighted by molar-refractivity contribution is -0.136. The number of carbonyl (C=O) groups is 2. The lowest BCUT2D eigenvalue weighted by atomic mass is 9.95. The van der Waals surface area contributed by atoms with Crippen molar-refractivity contribution in [3.05, 3.63) is 52.9 Å². The number of anilines is 1. The summed E-state index contributed by atoms with van der Waals surface area (Å²) >= 11 is 0. The number of hydrogen-bond donors (Lipinski definition) is 4. The Morgan fingerprint density at radius 2 is 2.06 bits per heavy atom. The van der Waals surface area contributed by atoms with Gasteiger partial charge in [-0.15, -0.1) is 0 Å². The Bertz CT molecular complexity index is 1140. The molecule has 0 unspecified atom stereocenters. The van der Waals surface area contributed by atoms with Crippen molar-refractivity contribution in [2.24, 2.45) is 5.10 Å². The lowest BCUT2D eigenvalue weighted by Crippen LogP contribution is -2.45. The molecule has 12 nitrogen and oxygen atoms in total. The summed E-state index contributed by atoms with van der Waals surface area (Å²) in [6.07, 6.45) is 0.331. The zero-order valence-electron chi connectivity index (χ0n) is 20.8. The normalized spacial score (nSPS) is 16.3. The summed E-state index contributed by atoms with van der Waals surface area (Å²) in [6, 6.07) is 7.39. The van der Waals surface area contributed by atoms with Gasteiger partial charge in [-0.2, -0.15) is 5.10 Å². The number of nitrogens with zero attached hydrogens (tertiary/aromatic N) is 2. The second kappa shape index (κ2) is 12.0. The molecule has 194 valence electrons. The minimum Gasteiger partial charge on any atom is -0.490 e. The maximum absolute atomic E-state index is 12.3. The summed E-state index contributed by atoms with van der Waals surface area (Å²) in [5.41, 5.74) is 3.84. The Balaban J connectivity index is 1.69. The van der Waals surface area contributed by atoms with Crippen molar-refractivity contribution in [2.75, 3.05) is 39.3 Å². The minimum atomic E-state index is -1.11.